The van der Waals surface area contributed by atoms with E-state index in [4.69, 9.17) is 0 Å². The molecule has 1 aliphatic rings. The molecule has 0 saturated heterocycles. The number of nitrogens with one attached hydrogen (secondary N) is 1. The van der Waals surface area contributed by atoms with Gasteiger partial charge in [0.05, 0.1) is 0 Å². The lowest BCUT2D eigenvalue weighted by Crippen LogP contribution is -2.33. The molecular formula is C11H17N3. The lowest BCUT2D eigenvalue weighted by molar-refractivity contribution is 0.492. The van der Waals surface area contributed by atoms with Gasteiger partial charge in [0.15, 0.2) is 0 Å². The van der Waals surface area contributed by atoms with Gasteiger partial charge in [-0.1, -0.05) is 0 Å². The molecule has 0 bridgehead atoms. The van der Waals surface area contributed by atoms with Gasteiger partial charge in [-0.3, -0.25) is 0 Å². The van der Waals surface area contributed by atoms with Gasteiger partial charge in [-0.15, -0.1) is 0 Å². The average Bonchev–Trinajstić information content (AvgIpc) is 2.84. The van der Waals surface area contributed by atoms with Crippen molar-refractivity contribution in [1.29, 1.82) is 0 Å². The molecule has 3 nitrogen and oxygen atoms in total. The Balaban J connectivity index is 2.09. The van der Waals surface area contributed by atoms with Crippen molar-refractivity contribution in [3.8, 4) is 0 Å². The van der Waals surface area contributed by atoms with E-state index >= 15 is 0 Å². The number of hydrogen-bond donors (Lipinski definition) is 1. The number of hydrogen-bond acceptors (Lipinski definition) is 3. The molecule has 3 heteroatoms. The molecule has 1 N–H and O–H groups in total. The monoisotopic (exact) mass is 191 g/mol. The normalized spacial score (nSPS) is 16.8. The number of anilines is 1. The molecule has 0 atom stereocenters. The van der Waals surface area contributed by atoms with Crippen molar-refractivity contribution in [1.82, 2.24) is 9.97 Å². The number of aryl methyl sites for hydroxylation is 1. The van der Waals surface area contributed by atoms with Crippen LogP contribution in [0.25, 0.3) is 0 Å². The third-order valence-electron chi connectivity index (χ3n) is 2.85. The van der Waals surface area contributed by atoms with Crippen molar-refractivity contribution in [3.63, 3.8) is 0 Å². The molecule has 1 aromatic rings. The highest BCUT2D eigenvalue weighted by molar-refractivity contribution is 5.38. The summed E-state index contributed by atoms with van der Waals surface area (Å²) in [5.74, 6) is 1.74. The molecule has 14 heavy (non-hydrogen) atoms. The van der Waals surface area contributed by atoms with Crippen molar-refractivity contribution in [2.45, 2.75) is 39.2 Å². The van der Waals surface area contributed by atoms with Crippen LogP contribution in [0.3, 0.4) is 0 Å². The first kappa shape index (κ1) is 9.44. The van der Waals surface area contributed by atoms with E-state index in [2.05, 4.69) is 29.1 Å². The first-order valence-corrected chi connectivity index (χ1v) is 5.15. The van der Waals surface area contributed by atoms with Gasteiger partial charge in [-0.2, -0.15) is 0 Å². The van der Waals surface area contributed by atoms with Gasteiger partial charge < -0.3 is 5.32 Å². The highest BCUT2D eigenvalue weighted by Gasteiger charge is 2.37. The van der Waals surface area contributed by atoms with E-state index in [9.17, 15) is 0 Å². The van der Waals surface area contributed by atoms with Gasteiger partial charge in [0.1, 0.15) is 12.1 Å². The summed E-state index contributed by atoms with van der Waals surface area (Å²) in [6, 6.07) is 1.99. The van der Waals surface area contributed by atoms with Gasteiger partial charge in [-0.25, -0.2) is 9.97 Å². The van der Waals surface area contributed by atoms with Crippen LogP contribution in [0, 0.1) is 12.8 Å². The van der Waals surface area contributed by atoms with Crippen molar-refractivity contribution in [2.75, 3.05) is 5.32 Å². The van der Waals surface area contributed by atoms with Crippen molar-refractivity contribution < 1.29 is 0 Å². The largest absolute Gasteiger partial charge is 0.365 e. The zero-order chi connectivity index (χ0) is 10.2. The summed E-state index contributed by atoms with van der Waals surface area (Å²) in [4.78, 5) is 8.29. The molecule has 2 rings (SSSR count). The Labute approximate surface area is 85.0 Å². The molecule has 0 spiro atoms. The summed E-state index contributed by atoms with van der Waals surface area (Å²) in [6.45, 7) is 6.46. The minimum Gasteiger partial charge on any atom is -0.365 e. The van der Waals surface area contributed by atoms with E-state index in [1.165, 1.54) is 12.8 Å². The zero-order valence-electron chi connectivity index (χ0n) is 9.04. The fraction of sp³-hybridized carbons (Fsp3) is 0.636. The number of aromatic nitrogens is 2. The molecule has 1 saturated carbocycles. The molecule has 0 aliphatic heterocycles. The van der Waals surface area contributed by atoms with Crippen LogP contribution in [0.4, 0.5) is 5.82 Å². The third-order valence-corrected chi connectivity index (χ3v) is 2.85. The van der Waals surface area contributed by atoms with E-state index in [0.717, 1.165) is 17.4 Å². The van der Waals surface area contributed by atoms with E-state index in [0.29, 0.717) is 0 Å². The Kier molecular flexibility index (Phi) is 2.17. The number of nitrogens with zero attached hydrogens (tertiary/aromatic N) is 2. The van der Waals surface area contributed by atoms with E-state index in [1.54, 1.807) is 6.33 Å². The van der Waals surface area contributed by atoms with Crippen LogP contribution in [0.1, 0.15) is 32.4 Å². The third kappa shape index (κ3) is 2.03. The standard InChI is InChI=1S/C11H17N3/c1-8-6-10(13-7-12-8)14-11(2,3)9-4-5-9/h6-7,9H,4-5H2,1-3H3,(H,12,13,14). The van der Waals surface area contributed by atoms with Crippen molar-refractivity contribution >= 4 is 5.82 Å². The molecule has 1 heterocycles. The predicted molar refractivity (Wildman–Crippen MR) is 57.2 cm³/mol. The van der Waals surface area contributed by atoms with E-state index in [1.807, 2.05) is 13.0 Å². The highest BCUT2D eigenvalue weighted by Crippen LogP contribution is 2.40. The van der Waals surface area contributed by atoms with Gasteiger partial charge in [-0.05, 0) is 39.5 Å². The van der Waals surface area contributed by atoms with E-state index < -0.39 is 0 Å². The van der Waals surface area contributed by atoms with Gasteiger partial charge in [0.25, 0.3) is 0 Å². The van der Waals surface area contributed by atoms with Crippen LogP contribution in [-0.2, 0) is 0 Å². The minimum absolute atomic E-state index is 0.167. The fourth-order valence-electron chi connectivity index (χ4n) is 1.76. The molecule has 76 valence electrons. The summed E-state index contributed by atoms with van der Waals surface area (Å²) in [5, 5.41) is 3.47. The molecule has 0 unspecified atom stereocenters. The summed E-state index contributed by atoms with van der Waals surface area (Å²) in [6.07, 6.45) is 4.29. The second-order valence-corrected chi connectivity index (χ2v) is 4.67. The molecule has 0 aromatic carbocycles. The predicted octanol–water partition coefficient (Wildman–Crippen LogP) is 2.39. The summed E-state index contributed by atoms with van der Waals surface area (Å²) < 4.78 is 0. The molecule has 1 aliphatic carbocycles. The molecular weight excluding hydrogens is 174 g/mol. The lowest BCUT2D eigenvalue weighted by Gasteiger charge is -2.26. The SMILES string of the molecule is Cc1cc(NC(C)(C)C2CC2)ncn1. The van der Waals surface area contributed by atoms with E-state index in [-0.39, 0.29) is 5.54 Å². The van der Waals surface area contributed by atoms with Gasteiger partial charge >= 0.3 is 0 Å². The summed E-state index contributed by atoms with van der Waals surface area (Å²) in [5.41, 5.74) is 1.18. The Hall–Kier alpha value is -1.12. The first-order chi connectivity index (χ1) is 6.58. The van der Waals surface area contributed by atoms with Crippen LogP contribution in [0.2, 0.25) is 0 Å². The summed E-state index contributed by atoms with van der Waals surface area (Å²) in [7, 11) is 0. The Bertz CT molecular complexity index is 329. The van der Waals surface area contributed by atoms with Crippen molar-refractivity contribution in [2.24, 2.45) is 5.92 Å². The number of rotatable bonds is 3. The van der Waals surface area contributed by atoms with Crippen LogP contribution in [0.15, 0.2) is 12.4 Å². The Morgan fingerprint density at radius 3 is 2.64 bits per heavy atom. The van der Waals surface area contributed by atoms with Crippen LogP contribution in [-0.4, -0.2) is 15.5 Å². The highest BCUT2D eigenvalue weighted by atomic mass is 15.1. The topological polar surface area (TPSA) is 37.8 Å². The smallest absolute Gasteiger partial charge is 0.129 e. The Morgan fingerprint density at radius 1 is 1.36 bits per heavy atom. The van der Waals surface area contributed by atoms with Crippen LogP contribution in [0.5, 0.6) is 0 Å². The van der Waals surface area contributed by atoms with Crippen molar-refractivity contribution in [3.05, 3.63) is 18.1 Å². The molecule has 0 radical (unpaired) electrons. The first-order valence-electron chi connectivity index (χ1n) is 5.15. The maximum absolute atomic E-state index is 4.21. The lowest BCUT2D eigenvalue weighted by atomic mass is 9.99. The van der Waals surface area contributed by atoms with Crippen LogP contribution < -0.4 is 5.32 Å². The quantitative estimate of drug-likeness (QED) is 0.797. The van der Waals surface area contributed by atoms with Crippen LogP contribution >= 0.6 is 0 Å². The molecule has 1 fully saturated rings. The minimum atomic E-state index is 0.167. The zero-order valence-corrected chi connectivity index (χ0v) is 9.04. The molecule has 1 aromatic heterocycles. The second-order valence-electron chi connectivity index (χ2n) is 4.67. The summed E-state index contributed by atoms with van der Waals surface area (Å²) >= 11 is 0. The second kappa shape index (κ2) is 3.23. The maximum Gasteiger partial charge on any atom is 0.129 e. The van der Waals surface area contributed by atoms with Gasteiger partial charge in [0.2, 0.25) is 0 Å². The fourth-order valence-corrected chi connectivity index (χ4v) is 1.76. The Morgan fingerprint density at radius 2 is 2.07 bits per heavy atom. The van der Waals surface area contributed by atoms with Gasteiger partial charge in [0, 0.05) is 17.3 Å². The average molecular weight is 191 g/mol. The maximum atomic E-state index is 4.21. The molecule has 0 amide bonds.